The van der Waals surface area contributed by atoms with Crippen molar-refractivity contribution >= 4 is 16.9 Å². The van der Waals surface area contributed by atoms with Gasteiger partial charge in [0, 0.05) is 6.54 Å². The van der Waals surface area contributed by atoms with Gasteiger partial charge in [0.2, 0.25) is 0 Å². The van der Waals surface area contributed by atoms with Gasteiger partial charge < -0.3 is 19.4 Å². The smallest absolute Gasteiger partial charge is 0.318 e. The van der Waals surface area contributed by atoms with Crippen molar-refractivity contribution in [1.82, 2.24) is 19.8 Å². The highest BCUT2D eigenvalue weighted by atomic mass is 16.5. The highest BCUT2D eigenvalue weighted by Crippen LogP contribution is 2.28. The summed E-state index contributed by atoms with van der Waals surface area (Å²) in [5.41, 5.74) is 0.879. The summed E-state index contributed by atoms with van der Waals surface area (Å²) in [6, 6.07) is 17.2. The standard InChI is InChI=1S/C25H26N4O4/c1-4-26-25(31)28(16-18-10-9-15-33-18)17(2)23-27-20-12-6-5-11-19(20)24(30)29(23)21-13-7-8-14-22(21)32-3/h5-15,17H,4,16H2,1-3H3,(H,26,31). The molecule has 1 N–H and O–H groups in total. The van der Waals surface area contributed by atoms with Crippen molar-refractivity contribution in [3.8, 4) is 11.4 Å². The molecule has 8 nitrogen and oxygen atoms in total. The van der Waals surface area contributed by atoms with Crippen LogP contribution in [0.4, 0.5) is 4.79 Å². The first-order valence-electron chi connectivity index (χ1n) is 10.8. The third kappa shape index (κ3) is 4.32. The summed E-state index contributed by atoms with van der Waals surface area (Å²) in [5, 5.41) is 3.33. The van der Waals surface area contributed by atoms with Crippen LogP contribution in [0.25, 0.3) is 16.6 Å². The molecule has 0 fully saturated rings. The van der Waals surface area contributed by atoms with E-state index in [1.54, 1.807) is 60.7 Å². The Morgan fingerprint density at radius 2 is 1.91 bits per heavy atom. The van der Waals surface area contributed by atoms with Crippen molar-refractivity contribution in [2.45, 2.75) is 26.4 Å². The minimum atomic E-state index is -0.566. The van der Waals surface area contributed by atoms with Gasteiger partial charge in [-0.3, -0.25) is 9.36 Å². The maximum atomic E-state index is 13.7. The minimum absolute atomic E-state index is 0.217. The second-order valence-corrected chi connectivity index (χ2v) is 7.52. The van der Waals surface area contributed by atoms with E-state index in [-0.39, 0.29) is 18.1 Å². The number of nitrogens with one attached hydrogen (secondary N) is 1. The van der Waals surface area contributed by atoms with Gasteiger partial charge >= 0.3 is 6.03 Å². The number of rotatable bonds is 7. The van der Waals surface area contributed by atoms with Gasteiger partial charge in [-0.15, -0.1) is 0 Å². The maximum absolute atomic E-state index is 13.7. The Morgan fingerprint density at radius 1 is 1.15 bits per heavy atom. The van der Waals surface area contributed by atoms with Gasteiger partial charge in [-0.2, -0.15) is 0 Å². The molecule has 4 rings (SSSR count). The molecule has 2 amide bonds. The van der Waals surface area contributed by atoms with E-state index >= 15 is 0 Å². The summed E-state index contributed by atoms with van der Waals surface area (Å²) in [7, 11) is 1.55. The Morgan fingerprint density at radius 3 is 2.64 bits per heavy atom. The fourth-order valence-electron chi connectivity index (χ4n) is 3.82. The number of methoxy groups -OCH3 is 1. The Labute approximate surface area is 191 Å². The number of hydrogen-bond acceptors (Lipinski definition) is 5. The first kappa shape index (κ1) is 22.1. The molecule has 1 atom stereocenters. The van der Waals surface area contributed by atoms with E-state index in [1.165, 1.54) is 4.57 Å². The Bertz CT molecular complexity index is 1310. The van der Waals surface area contributed by atoms with Crippen molar-refractivity contribution < 1.29 is 13.9 Å². The highest BCUT2D eigenvalue weighted by molar-refractivity contribution is 5.78. The van der Waals surface area contributed by atoms with Crippen LogP contribution in [0, 0.1) is 0 Å². The van der Waals surface area contributed by atoms with E-state index in [0.29, 0.717) is 40.5 Å². The Balaban J connectivity index is 1.94. The van der Waals surface area contributed by atoms with E-state index < -0.39 is 6.04 Å². The van der Waals surface area contributed by atoms with E-state index in [0.717, 1.165) is 0 Å². The average molecular weight is 447 g/mol. The molecule has 1 unspecified atom stereocenters. The van der Waals surface area contributed by atoms with Gasteiger partial charge in [-0.1, -0.05) is 24.3 Å². The van der Waals surface area contributed by atoms with Crippen molar-refractivity contribution in [1.29, 1.82) is 0 Å². The van der Waals surface area contributed by atoms with Gasteiger partial charge in [-0.25, -0.2) is 9.78 Å². The van der Waals surface area contributed by atoms with Crippen LogP contribution in [-0.4, -0.2) is 34.1 Å². The van der Waals surface area contributed by atoms with E-state index in [4.69, 9.17) is 14.1 Å². The summed E-state index contributed by atoms with van der Waals surface area (Å²) in [6.45, 7) is 4.38. The second kappa shape index (κ2) is 9.60. The molecular formula is C25H26N4O4. The largest absolute Gasteiger partial charge is 0.495 e. The maximum Gasteiger partial charge on any atom is 0.318 e. The van der Waals surface area contributed by atoms with E-state index in [9.17, 15) is 9.59 Å². The summed E-state index contributed by atoms with van der Waals surface area (Å²) in [6.07, 6.45) is 1.56. The topological polar surface area (TPSA) is 89.6 Å². The number of benzene rings is 2. The van der Waals surface area contributed by atoms with E-state index in [2.05, 4.69) is 5.32 Å². The lowest BCUT2D eigenvalue weighted by atomic mass is 10.1. The zero-order chi connectivity index (χ0) is 23.4. The zero-order valence-corrected chi connectivity index (χ0v) is 18.8. The normalized spacial score (nSPS) is 11.8. The monoisotopic (exact) mass is 446 g/mol. The summed E-state index contributed by atoms with van der Waals surface area (Å²) in [4.78, 5) is 33.2. The summed E-state index contributed by atoms with van der Waals surface area (Å²) < 4.78 is 12.6. The molecule has 0 aliphatic carbocycles. The second-order valence-electron chi connectivity index (χ2n) is 7.52. The van der Waals surface area contributed by atoms with Crippen LogP contribution in [0.15, 0.2) is 76.1 Å². The highest BCUT2D eigenvalue weighted by Gasteiger charge is 2.28. The SMILES string of the molecule is CCNC(=O)N(Cc1ccco1)C(C)c1nc2ccccc2c(=O)n1-c1ccccc1OC. The molecule has 0 aliphatic rings. The average Bonchev–Trinajstić information content (AvgIpc) is 3.35. The number of carbonyl (C=O) groups excluding carboxylic acids is 1. The number of ether oxygens (including phenoxy) is 1. The number of aromatic nitrogens is 2. The number of para-hydroxylation sites is 3. The number of carbonyl (C=O) groups is 1. The Hall–Kier alpha value is -4.07. The van der Waals surface area contributed by atoms with E-state index in [1.807, 2.05) is 32.0 Å². The van der Waals surface area contributed by atoms with Crippen LogP contribution in [0.1, 0.15) is 31.5 Å². The molecule has 8 heteroatoms. The third-order valence-electron chi connectivity index (χ3n) is 5.46. The van der Waals surface area contributed by atoms with Gasteiger partial charge in [0.1, 0.15) is 17.3 Å². The molecule has 2 heterocycles. The molecule has 0 aliphatic heterocycles. The van der Waals surface area contributed by atoms with Crippen LogP contribution in [0.3, 0.4) is 0 Å². The molecule has 2 aromatic heterocycles. The number of hydrogen-bond donors (Lipinski definition) is 1. The van der Waals surface area contributed by atoms with Gasteiger partial charge in [0.25, 0.3) is 5.56 Å². The van der Waals surface area contributed by atoms with Crippen LogP contribution in [0.2, 0.25) is 0 Å². The van der Waals surface area contributed by atoms with Crippen molar-refractivity contribution in [3.05, 3.63) is 88.9 Å². The van der Waals surface area contributed by atoms with Crippen molar-refractivity contribution in [2.75, 3.05) is 13.7 Å². The van der Waals surface area contributed by atoms with Gasteiger partial charge in [-0.05, 0) is 50.2 Å². The zero-order valence-electron chi connectivity index (χ0n) is 18.8. The first-order valence-corrected chi connectivity index (χ1v) is 10.8. The third-order valence-corrected chi connectivity index (χ3v) is 5.46. The minimum Gasteiger partial charge on any atom is -0.495 e. The summed E-state index contributed by atoms with van der Waals surface area (Å²) in [5.74, 6) is 1.57. The predicted molar refractivity (Wildman–Crippen MR) is 126 cm³/mol. The predicted octanol–water partition coefficient (Wildman–Crippen LogP) is 4.28. The molecule has 33 heavy (non-hydrogen) atoms. The van der Waals surface area contributed by atoms with Crippen LogP contribution >= 0.6 is 0 Å². The molecule has 0 radical (unpaired) electrons. The molecule has 0 saturated carbocycles. The Kier molecular flexibility index (Phi) is 6.44. The molecule has 0 saturated heterocycles. The number of urea groups is 1. The molecule has 170 valence electrons. The molecule has 4 aromatic rings. The number of nitrogens with zero attached hydrogens (tertiary/aromatic N) is 3. The number of amides is 2. The summed E-state index contributed by atoms with van der Waals surface area (Å²) >= 11 is 0. The molecule has 0 bridgehead atoms. The lowest BCUT2D eigenvalue weighted by Gasteiger charge is -2.30. The van der Waals surface area contributed by atoms with Crippen LogP contribution in [0.5, 0.6) is 5.75 Å². The number of furan rings is 1. The lowest BCUT2D eigenvalue weighted by molar-refractivity contribution is 0.166. The fraction of sp³-hybridized carbons (Fsp3) is 0.240. The molecule has 2 aromatic carbocycles. The number of fused-ring (bicyclic) bond motifs is 1. The van der Waals surface area contributed by atoms with Crippen LogP contribution in [-0.2, 0) is 6.54 Å². The first-order chi connectivity index (χ1) is 16.0. The van der Waals surface area contributed by atoms with Gasteiger partial charge in [0.15, 0.2) is 0 Å². The quantitative estimate of drug-likeness (QED) is 0.458. The van der Waals surface area contributed by atoms with Crippen molar-refractivity contribution in [3.63, 3.8) is 0 Å². The lowest BCUT2D eigenvalue weighted by Crippen LogP contribution is -2.42. The van der Waals surface area contributed by atoms with Crippen molar-refractivity contribution in [2.24, 2.45) is 0 Å². The van der Waals surface area contributed by atoms with Crippen LogP contribution < -0.4 is 15.6 Å². The molecular weight excluding hydrogens is 420 g/mol. The van der Waals surface area contributed by atoms with Gasteiger partial charge in [0.05, 0.1) is 42.5 Å². The fourth-order valence-corrected chi connectivity index (χ4v) is 3.82. The molecule has 0 spiro atoms.